The lowest BCUT2D eigenvalue weighted by Gasteiger charge is -2.47. The summed E-state index contributed by atoms with van der Waals surface area (Å²) >= 11 is 0. The van der Waals surface area contributed by atoms with Crippen molar-refractivity contribution in [2.24, 2.45) is 0 Å². The lowest BCUT2D eigenvalue weighted by atomic mass is 9.99. The smallest absolute Gasteiger partial charge is 0.257 e. The van der Waals surface area contributed by atoms with E-state index >= 15 is 0 Å². The maximum atomic E-state index is 13.3. The molecule has 0 aliphatic carbocycles. The van der Waals surface area contributed by atoms with Gasteiger partial charge >= 0.3 is 0 Å². The van der Waals surface area contributed by atoms with Crippen LogP contribution in [-0.4, -0.2) is 41.2 Å². The van der Waals surface area contributed by atoms with Gasteiger partial charge in [0.1, 0.15) is 11.9 Å². The Bertz CT molecular complexity index is 1120. The highest BCUT2D eigenvalue weighted by molar-refractivity contribution is 6.02. The highest BCUT2D eigenvalue weighted by Gasteiger charge is 2.42. The van der Waals surface area contributed by atoms with Crippen molar-refractivity contribution < 1.29 is 14.6 Å². The molecule has 3 aromatic rings. The number of hydrogen-bond donors (Lipinski definition) is 1. The van der Waals surface area contributed by atoms with Crippen molar-refractivity contribution in [3.63, 3.8) is 0 Å². The van der Waals surface area contributed by atoms with Gasteiger partial charge < -0.3 is 24.2 Å². The number of anilines is 1. The van der Waals surface area contributed by atoms with Gasteiger partial charge in [-0.2, -0.15) is 0 Å². The third kappa shape index (κ3) is 2.15. The Morgan fingerprint density at radius 1 is 1.18 bits per heavy atom. The maximum absolute atomic E-state index is 13.3. The molecule has 5 rings (SSSR count). The molecule has 0 saturated heterocycles. The number of fused-ring (bicyclic) bond motifs is 6. The van der Waals surface area contributed by atoms with Crippen LogP contribution in [0.25, 0.3) is 10.9 Å². The first-order valence-corrected chi connectivity index (χ1v) is 9.49. The standard InChI is InChI=1S/C22H23N3O3/c1-13-4-6-18-16(10-13)22(27)25-9-8-24-19-7-5-14(28-3)11-15(19)17(12-26)20(24)21(25)23(18)2/h4-7,10-11,21,26H,8-9,12H2,1-3H3. The Morgan fingerprint density at radius 3 is 2.75 bits per heavy atom. The number of aliphatic hydroxyl groups is 1. The number of hydrogen-bond acceptors (Lipinski definition) is 4. The van der Waals surface area contributed by atoms with Crippen LogP contribution in [-0.2, 0) is 13.2 Å². The molecule has 2 aliphatic rings. The number of carbonyl (C=O) groups is 1. The van der Waals surface area contributed by atoms with E-state index in [0.29, 0.717) is 13.1 Å². The topological polar surface area (TPSA) is 57.9 Å². The molecule has 1 unspecified atom stereocenters. The third-order valence-corrected chi connectivity index (χ3v) is 6.07. The number of rotatable bonds is 2. The quantitative estimate of drug-likeness (QED) is 0.746. The fourth-order valence-electron chi connectivity index (χ4n) is 4.75. The first-order valence-electron chi connectivity index (χ1n) is 9.49. The minimum absolute atomic E-state index is 0.0553. The summed E-state index contributed by atoms with van der Waals surface area (Å²) in [6, 6.07) is 12.0. The van der Waals surface area contributed by atoms with E-state index in [9.17, 15) is 9.90 Å². The summed E-state index contributed by atoms with van der Waals surface area (Å²) in [6.07, 6.45) is -0.239. The fraction of sp³-hybridized carbons (Fsp3) is 0.318. The van der Waals surface area contributed by atoms with Crippen LogP contribution in [0.4, 0.5) is 5.69 Å². The van der Waals surface area contributed by atoms with Crippen molar-refractivity contribution in [1.29, 1.82) is 0 Å². The minimum Gasteiger partial charge on any atom is -0.497 e. The second-order valence-corrected chi connectivity index (χ2v) is 7.56. The van der Waals surface area contributed by atoms with Crippen molar-refractivity contribution >= 4 is 22.5 Å². The maximum Gasteiger partial charge on any atom is 0.257 e. The van der Waals surface area contributed by atoms with Gasteiger partial charge in [0.15, 0.2) is 0 Å². The molecular formula is C22H23N3O3. The van der Waals surface area contributed by atoms with Gasteiger partial charge in [-0.1, -0.05) is 11.6 Å². The predicted molar refractivity (Wildman–Crippen MR) is 108 cm³/mol. The van der Waals surface area contributed by atoms with Gasteiger partial charge in [0.25, 0.3) is 5.91 Å². The highest BCUT2D eigenvalue weighted by atomic mass is 16.5. The molecule has 3 heterocycles. The van der Waals surface area contributed by atoms with Crippen molar-refractivity contribution in [2.45, 2.75) is 26.2 Å². The molecule has 0 radical (unpaired) electrons. The van der Waals surface area contributed by atoms with Gasteiger partial charge in [-0.05, 0) is 37.3 Å². The highest BCUT2D eigenvalue weighted by Crippen LogP contribution is 2.44. The van der Waals surface area contributed by atoms with Crippen molar-refractivity contribution in [2.75, 3.05) is 25.6 Å². The second kappa shape index (κ2) is 6.01. The van der Waals surface area contributed by atoms with Crippen LogP contribution in [0.1, 0.15) is 33.3 Å². The molecule has 1 atom stereocenters. The molecule has 6 heteroatoms. The number of amides is 1. The zero-order valence-electron chi connectivity index (χ0n) is 16.3. The van der Waals surface area contributed by atoms with Gasteiger partial charge in [-0.25, -0.2) is 0 Å². The number of nitrogens with zero attached hydrogens (tertiary/aromatic N) is 3. The summed E-state index contributed by atoms with van der Waals surface area (Å²) in [5.41, 5.74) is 5.66. The number of benzene rings is 2. The second-order valence-electron chi connectivity index (χ2n) is 7.56. The summed E-state index contributed by atoms with van der Waals surface area (Å²) in [5.74, 6) is 0.815. The van der Waals surface area contributed by atoms with Crippen LogP contribution in [0.3, 0.4) is 0 Å². The molecule has 0 saturated carbocycles. The van der Waals surface area contributed by atoms with Crippen molar-refractivity contribution in [1.82, 2.24) is 9.47 Å². The molecule has 0 bridgehead atoms. The number of methoxy groups -OCH3 is 1. The zero-order valence-corrected chi connectivity index (χ0v) is 16.3. The number of aryl methyl sites for hydroxylation is 1. The Balaban J connectivity index is 1.76. The first-order chi connectivity index (χ1) is 13.5. The van der Waals surface area contributed by atoms with Crippen LogP contribution in [0.5, 0.6) is 5.75 Å². The van der Waals surface area contributed by atoms with E-state index in [1.54, 1.807) is 7.11 Å². The Labute approximate surface area is 163 Å². The summed E-state index contributed by atoms with van der Waals surface area (Å²) in [4.78, 5) is 17.4. The van der Waals surface area contributed by atoms with Gasteiger partial charge in [0.05, 0.1) is 30.7 Å². The van der Waals surface area contributed by atoms with E-state index in [1.165, 1.54) is 0 Å². The minimum atomic E-state index is -0.239. The average Bonchev–Trinajstić information content (AvgIpc) is 3.04. The number of aromatic nitrogens is 1. The van der Waals surface area contributed by atoms with E-state index in [-0.39, 0.29) is 18.7 Å². The number of carbonyl (C=O) groups excluding carboxylic acids is 1. The third-order valence-electron chi connectivity index (χ3n) is 6.07. The molecule has 0 fully saturated rings. The summed E-state index contributed by atoms with van der Waals surface area (Å²) in [7, 11) is 3.66. The van der Waals surface area contributed by atoms with E-state index in [2.05, 4.69) is 9.47 Å². The van der Waals surface area contributed by atoms with Gasteiger partial charge in [-0.15, -0.1) is 0 Å². The van der Waals surface area contributed by atoms with Crippen LogP contribution >= 0.6 is 0 Å². The number of ether oxygens (including phenoxy) is 1. The van der Waals surface area contributed by atoms with Crippen molar-refractivity contribution in [3.8, 4) is 5.75 Å². The van der Waals surface area contributed by atoms with E-state index in [1.807, 2.05) is 55.3 Å². The van der Waals surface area contributed by atoms with Crippen LogP contribution in [0.2, 0.25) is 0 Å². The summed E-state index contributed by atoms with van der Waals surface area (Å²) in [5, 5.41) is 11.2. The Hall–Kier alpha value is -2.99. The SMILES string of the molecule is COc1ccc2c(c1)c(CO)c1n2CCN2C(=O)c3cc(C)ccc3N(C)C12. The molecule has 0 spiro atoms. The first kappa shape index (κ1) is 17.1. The largest absolute Gasteiger partial charge is 0.497 e. The lowest BCUT2D eigenvalue weighted by Crippen LogP contribution is -2.52. The average molecular weight is 377 g/mol. The van der Waals surface area contributed by atoms with Gasteiger partial charge in [0.2, 0.25) is 0 Å². The van der Waals surface area contributed by atoms with Crippen molar-refractivity contribution in [3.05, 3.63) is 58.8 Å². The Morgan fingerprint density at radius 2 is 2.00 bits per heavy atom. The van der Waals surface area contributed by atoms with Gasteiger partial charge in [-0.3, -0.25) is 4.79 Å². The van der Waals surface area contributed by atoms with Crippen LogP contribution < -0.4 is 9.64 Å². The van der Waals surface area contributed by atoms with E-state index in [0.717, 1.165) is 44.7 Å². The summed E-state index contributed by atoms with van der Waals surface area (Å²) in [6.45, 7) is 3.26. The molecule has 6 nitrogen and oxygen atoms in total. The molecule has 2 aromatic carbocycles. The van der Waals surface area contributed by atoms with E-state index < -0.39 is 0 Å². The summed E-state index contributed by atoms with van der Waals surface area (Å²) < 4.78 is 7.63. The number of aliphatic hydroxyl groups excluding tert-OH is 1. The normalized spacial score (nSPS) is 18.1. The van der Waals surface area contributed by atoms with Gasteiger partial charge in [0, 0.05) is 36.6 Å². The molecule has 1 aromatic heterocycles. The lowest BCUT2D eigenvalue weighted by molar-refractivity contribution is 0.0598. The molecule has 2 aliphatic heterocycles. The molecular weight excluding hydrogens is 354 g/mol. The fourth-order valence-corrected chi connectivity index (χ4v) is 4.75. The van der Waals surface area contributed by atoms with Crippen LogP contribution in [0.15, 0.2) is 36.4 Å². The molecule has 28 heavy (non-hydrogen) atoms. The Kier molecular flexibility index (Phi) is 3.67. The molecule has 1 amide bonds. The molecule has 1 N–H and O–H groups in total. The zero-order chi connectivity index (χ0) is 19.6. The van der Waals surface area contributed by atoms with E-state index in [4.69, 9.17) is 4.74 Å². The predicted octanol–water partition coefficient (Wildman–Crippen LogP) is 3.06. The molecule has 144 valence electrons. The monoisotopic (exact) mass is 377 g/mol. The van der Waals surface area contributed by atoms with Crippen LogP contribution in [0, 0.1) is 6.92 Å².